The average Bonchev–Trinajstić information content (AvgIpc) is 3.72. The molecule has 0 aliphatic heterocycles. The minimum atomic E-state index is 0.835. The molecule has 0 radical (unpaired) electrons. The molecule has 5 heteroatoms. The predicted octanol–water partition coefficient (Wildman–Crippen LogP) is 9.80. The molecule has 206 valence electrons. The monoisotopic (exact) mass is 558 g/mol. The first-order valence-corrected chi connectivity index (χ1v) is 14.3. The van der Waals surface area contributed by atoms with E-state index in [0.717, 1.165) is 88.4 Å². The van der Waals surface area contributed by atoms with Gasteiger partial charge in [0.2, 0.25) is 0 Å². The summed E-state index contributed by atoms with van der Waals surface area (Å²) in [6.07, 6.45) is 0. The fraction of sp³-hybridized carbons (Fsp3) is 0.0526. The van der Waals surface area contributed by atoms with Crippen molar-refractivity contribution in [2.75, 3.05) is 14.2 Å². The number of nitrogens with zero attached hydrogens (tertiary/aromatic N) is 2. The van der Waals surface area contributed by atoms with Crippen LogP contribution in [0.1, 0.15) is 0 Å². The fourth-order valence-corrected chi connectivity index (χ4v) is 6.81. The second-order valence-corrected chi connectivity index (χ2v) is 10.9. The summed E-state index contributed by atoms with van der Waals surface area (Å²) >= 11 is 0. The van der Waals surface area contributed by atoms with E-state index < -0.39 is 0 Å². The number of furan rings is 1. The second kappa shape index (κ2) is 8.91. The van der Waals surface area contributed by atoms with Crippen molar-refractivity contribution in [3.05, 3.63) is 121 Å². The predicted molar refractivity (Wildman–Crippen MR) is 176 cm³/mol. The van der Waals surface area contributed by atoms with Gasteiger partial charge in [-0.2, -0.15) is 0 Å². The Morgan fingerprint density at radius 1 is 0.419 bits per heavy atom. The molecule has 0 spiro atoms. The van der Waals surface area contributed by atoms with Gasteiger partial charge < -0.3 is 23.0 Å². The fourth-order valence-electron chi connectivity index (χ4n) is 6.81. The molecule has 0 aliphatic carbocycles. The van der Waals surface area contributed by atoms with Gasteiger partial charge in [0.15, 0.2) is 0 Å². The average molecular weight is 559 g/mol. The number of hydrogen-bond acceptors (Lipinski definition) is 3. The van der Waals surface area contributed by atoms with Crippen molar-refractivity contribution < 1.29 is 13.9 Å². The van der Waals surface area contributed by atoms with E-state index in [1.165, 1.54) is 0 Å². The lowest BCUT2D eigenvalue weighted by molar-refractivity contribution is 0.414. The molecule has 0 bridgehead atoms. The zero-order chi connectivity index (χ0) is 28.7. The molecule has 0 fully saturated rings. The Bertz CT molecular complexity index is 2340. The zero-order valence-corrected chi connectivity index (χ0v) is 23.7. The van der Waals surface area contributed by atoms with Crippen LogP contribution in [0.4, 0.5) is 0 Å². The molecule has 0 amide bonds. The molecular weight excluding hydrogens is 532 g/mol. The molecule has 3 aromatic heterocycles. The number of para-hydroxylation sites is 2. The highest BCUT2D eigenvalue weighted by molar-refractivity contribution is 6.28. The molecule has 0 unspecified atom stereocenters. The van der Waals surface area contributed by atoms with E-state index in [1.54, 1.807) is 14.2 Å². The number of benzene rings is 6. The van der Waals surface area contributed by atoms with Crippen LogP contribution >= 0.6 is 0 Å². The molecule has 5 nitrogen and oxygen atoms in total. The number of methoxy groups -OCH3 is 2. The number of aromatic nitrogens is 2. The lowest BCUT2D eigenvalue weighted by atomic mass is 10.1. The Kier molecular flexibility index (Phi) is 4.97. The van der Waals surface area contributed by atoms with Crippen LogP contribution in [-0.4, -0.2) is 23.4 Å². The van der Waals surface area contributed by atoms with Crippen molar-refractivity contribution in [2.24, 2.45) is 0 Å². The number of rotatable bonds is 4. The van der Waals surface area contributed by atoms with Crippen molar-refractivity contribution in [1.29, 1.82) is 0 Å². The second-order valence-electron chi connectivity index (χ2n) is 10.9. The highest BCUT2D eigenvalue weighted by atomic mass is 16.5. The number of fused-ring (bicyclic) bond motifs is 11. The Hall–Kier alpha value is -5.68. The summed E-state index contributed by atoms with van der Waals surface area (Å²) in [4.78, 5) is 0. The van der Waals surface area contributed by atoms with E-state index in [2.05, 4.69) is 106 Å². The van der Waals surface area contributed by atoms with E-state index in [-0.39, 0.29) is 0 Å². The Morgan fingerprint density at radius 3 is 1.26 bits per heavy atom. The smallest absolute Gasteiger partial charge is 0.145 e. The summed E-state index contributed by atoms with van der Waals surface area (Å²) in [5.74, 6) is 1.67. The van der Waals surface area contributed by atoms with Gasteiger partial charge in [-0.1, -0.05) is 36.4 Å². The summed E-state index contributed by atoms with van der Waals surface area (Å²) < 4.78 is 22.5. The molecular formula is C38H26N2O3. The molecule has 0 aliphatic rings. The summed E-state index contributed by atoms with van der Waals surface area (Å²) in [7, 11) is 3.39. The highest BCUT2D eigenvalue weighted by Crippen LogP contribution is 2.44. The maximum atomic E-state index is 7.00. The van der Waals surface area contributed by atoms with Crippen LogP contribution in [0.2, 0.25) is 0 Å². The molecule has 0 N–H and O–H groups in total. The van der Waals surface area contributed by atoms with Crippen molar-refractivity contribution in [1.82, 2.24) is 9.13 Å². The van der Waals surface area contributed by atoms with Gasteiger partial charge in [0.25, 0.3) is 0 Å². The van der Waals surface area contributed by atoms with Crippen LogP contribution in [0.25, 0.3) is 76.9 Å². The van der Waals surface area contributed by atoms with Gasteiger partial charge in [-0.05, 0) is 84.9 Å². The Labute approximate surface area is 246 Å². The van der Waals surface area contributed by atoms with Crippen LogP contribution in [0, 0.1) is 0 Å². The van der Waals surface area contributed by atoms with Crippen molar-refractivity contribution in [3.8, 4) is 22.9 Å². The third kappa shape index (κ3) is 3.27. The Morgan fingerprint density at radius 2 is 0.837 bits per heavy atom. The van der Waals surface area contributed by atoms with Gasteiger partial charge in [0.05, 0.1) is 47.1 Å². The van der Waals surface area contributed by atoms with E-state index >= 15 is 0 Å². The minimum absolute atomic E-state index is 0.835. The van der Waals surface area contributed by atoms with Crippen LogP contribution in [0.15, 0.2) is 126 Å². The zero-order valence-electron chi connectivity index (χ0n) is 23.7. The quantitative estimate of drug-likeness (QED) is 0.216. The van der Waals surface area contributed by atoms with E-state index in [4.69, 9.17) is 13.9 Å². The van der Waals surface area contributed by atoms with Crippen LogP contribution in [0.5, 0.6) is 11.5 Å². The first-order chi connectivity index (χ1) is 21.2. The topological polar surface area (TPSA) is 41.5 Å². The number of hydrogen-bond donors (Lipinski definition) is 0. The van der Waals surface area contributed by atoms with Gasteiger partial charge in [0.1, 0.15) is 22.7 Å². The van der Waals surface area contributed by atoms with Crippen LogP contribution in [-0.2, 0) is 0 Å². The van der Waals surface area contributed by atoms with E-state index in [0.29, 0.717) is 0 Å². The van der Waals surface area contributed by atoms with Crippen LogP contribution < -0.4 is 9.47 Å². The highest BCUT2D eigenvalue weighted by Gasteiger charge is 2.22. The third-order valence-corrected chi connectivity index (χ3v) is 8.74. The van der Waals surface area contributed by atoms with Crippen molar-refractivity contribution >= 4 is 65.6 Å². The molecule has 9 aromatic rings. The van der Waals surface area contributed by atoms with Gasteiger partial charge in [-0.15, -0.1) is 0 Å². The first kappa shape index (κ1) is 24.0. The molecule has 0 atom stereocenters. The summed E-state index contributed by atoms with van der Waals surface area (Å²) in [6, 6.07) is 42.4. The Balaban J connectivity index is 1.39. The van der Waals surface area contributed by atoms with Gasteiger partial charge in [-0.25, -0.2) is 0 Å². The number of ether oxygens (including phenoxy) is 2. The molecule has 0 saturated carbocycles. The largest absolute Gasteiger partial charge is 0.497 e. The molecule has 6 aromatic carbocycles. The first-order valence-electron chi connectivity index (χ1n) is 14.3. The van der Waals surface area contributed by atoms with Gasteiger partial charge in [-0.3, -0.25) is 0 Å². The van der Waals surface area contributed by atoms with E-state index in [9.17, 15) is 0 Å². The van der Waals surface area contributed by atoms with Crippen molar-refractivity contribution in [2.45, 2.75) is 0 Å². The van der Waals surface area contributed by atoms with Crippen molar-refractivity contribution in [3.63, 3.8) is 0 Å². The SMILES string of the molecule is COc1ccc(-n2c3ccccc3c3c4oc5c(ccc6c5c5ccccc5n6-c5ccc(OC)cc5)c4ccc32)cc1. The molecule has 0 saturated heterocycles. The van der Waals surface area contributed by atoms with E-state index in [1.807, 2.05) is 24.3 Å². The van der Waals surface area contributed by atoms with Crippen LogP contribution in [0.3, 0.4) is 0 Å². The minimum Gasteiger partial charge on any atom is -0.497 e. The lowest BCUT2D eigenvalue weighted by Crippen LogP contribution is -1.93. The molecule has 43 heavy (non-hydrogen) atoms. The third-order valence-electron chi connectivity index (χ3n) is 8.74. The summed E-state index contributed by atoms with van der Waals surface area (Å²) in [5, 5.41) is 6.79. The van der Waals surface area contributed by atoms with Gasteiger partial charge in [0, 0.05) is 32.9 Å². The molecule has 3 heterocycles. The maximum Gasteiger partial charge on any atom is 0.145 e. The standard InChI is InChI=1S/C38H26N2O3/c1-41-25-15-11-23(12-16-25)39-31-9-5-3-7-29(31)35-33(39)21-19-27-28-20-22-34-36(38(28)43-37(27)35)30-8-4-6-10-32(30)40(34)24-13-17-26(42-2)18-14-24/h3-22H,1-2H3. The maximum absolute atomic E-state index is 7.00. The molecule has 9 rings (SSSR count). The normalized spacial score (nSPS) is 12.0. The lowest BCUT2D eigenvalue weighted by Gasteiger charge is -2.08. The van der Waals surface area contributed by atoms with Gasteiger partial charge >= 0.3 is 0 Å². The summed E-state index contributed by atoms with van der Waals surface area (Å²) in [5.41, 5.74) is 8.45. The summed E-state index contributed by atoms with van der Waals surface area (Å²) in [6.45, 7) is 0.